The van der Waals surface area contributed by atoms with E-state index in [1.165, 1.54) is 12.4 Å². The largest absolute Gasteiger partial charge is 0.325 e. The zero-order valence-corrected chi connectivity index (χ0v) is 18.3. The molecule has 0 spiro atoms. The van der Waals surface area contributed by atoms with Gasteiger partial charge in [0.1, 0.15) is 0 Å². The van der Waals surface area contributed by atoms with Crippen molar-refractivity contribution in [3.8, 4) is 10.7 Å². The number of carbonyl (C=O) groups is 2. The molecule has 4 aromatic rings. The van der Waals surface area contributed by atoms with Gasteiger partial charge in [-0.2, -0.15) is 8.78 Å². The molecule has 0 radical (unpaired) electrons. The Kier molecular flexibility index (Phi) is 5.37. The smallest absolute Gasteiger partial charge is 0.320 e. The first-order chi connectivity index (χ1) is 15.9. The fourth-order valence-corrected chi connectivity index (χ4v) is 4.54. The van der Waals surface area contributed by atoms with Crippen molar-refractivity contribution < 1.29 is 18.4 Å². The van der Waals surface area contributed by atoms with E-state index in [1.54, 1.807) is 19.1 Å². The van der Waals surface area contributed by atoms with E-state index in [-0.39, 0.29) is 22.8 Å². The van der Waals surface area contributed by atoms with Crippen LogP contribution in [0.4, 0.5) is 19.6 Å². The predicted molar refractivity (Wildman–Crippen MR) is 123 cm³/mol. The van der Waals surface area contributed by atoms with Crippen molar-refractivity contribution in [3.05, 3.63) is 60.0 Å². The second kappa shape index (κ2) is 8.36. The highest BCUT2D eigenvalue weighted by molar-refractivity contribution is 7.19. The number of alkyl halides is 2. The molecule has 2 amide bonds. The summed E-state index contributed by atoms with van der Waals surface area (Å²) in [5.41, 5.74) is 1.19. The van der Waals surface area contributed by atoms with Gasteiger partial charge in [0, 0.05) is 18.3 Å². The number of nitrogens with zero attached hydrogens (tertiary/aromatic N) is 3. The van der Waals surface area contributed by atoms with E-state index in [9.17, 15) is 18.4 Å². The van der Waals surface area contributed by atoms with Crippen LogP contribution in [-0.2, 0) is 4.79 Å². The van der Waals surface area contributed by atoms with Gasteiger partial charge in [-0.15, -0.1) is 0 Å². The topological polar surface area (TPSA) is 88.9 Å². The summed E-state index contributed by atoms with van der Waals surface area (Å²) in [6.07, 6.45) is 4.18. The number of rotatable bonds is 6. The Hall–Kier alpha value is -3.66. The van der Waals surface area contributed by atoms with Crippen molar-refractivity contribution >= 4 is 44.7 Å². The molecule has 2 aromatic carbocycles. The molecule has 0 atom stereocenters. The molecule has 1 aliphatic carbocycles. The van der Waals surface area contributed by atoms with Crippen LogP contribution in [0.2, 0.25) is 0 Å². The van der Waals surface area contributed by atoms with Crippen molar-refractivity contribution in [1.29, 1.82) is 0 Å². The van der Waals surface area contributed by atoms with Gasteiger partial charge in [-0.3, -0.25) is 19.5 Å². The third kappa shape index (κ3) is 4.21. The summed E-state index contributed by atoms with van der Waals surface area (Å²) < 4.78 is 27.3. The number of imidazole rings is 1. The zero-order valence-electron chi connectivity index (χ0n) is 17.5. The summed E-state index contributed by atoms with van der Waals surface area (Å²) in [7, 11) is 0. The van der Waals surface area contributed by atoms with Crippen LogP contribution in [0.1, 0.15) is 35.4 Å². The zero-order chi connectivity index (χ0) is 23.1. The second-order valence-electron chi connectivity index (χ2n) is 7.83. The number of fused-ring (bicyclic) bond motifs is 1. The van der Waals surface area contributed by atoms with Crippen molar-refractivity contribution in [2.24, 2.45) is 5.92 Å². The summed E-state index contributed by atoms with van der Waals surface area (Å²) in [5.74, 6) is -0.492. The summed E-state index contributed by atoms with van der Waals surface area (Å²) in [4.78, 5) is 34.4. The number of halogens is 2. The second-order valence-corrected chi connectivity index (χ2v) is 8.83. The maximum absolute atomic E-state index is 13.3. The van der Waals surface area contributed by atoms with Crippen LogP contribution in [0.5, 0.6) is 0 Å². The summed E-state index contributed by atoms with van der Waals surface area (Å²) >= 11 is 1.06. The molecule has 1 fully saturated rings. The van der Waals surface area contributed by atoms with E-state index >= 15 is 0 Å². The molecule has 2 aromatic heterocycles. The molecule has 1 aliphatic rings. The lowest BCUT2D eigenvalue weighted by atomic mass is 10.0. The molecule has 2 heterocycles. The van der Waals surface area contributed by atoms with E-state index in [2.05, 4.69) is 20.6 Å². The minimum absolute atomic E-state index is 0.0184. The molecule has 5 rings (SSSR count). The van der Waals surface area contributed by atoms with Gasteiger partial charge in [0.25, 0.3) is 5.91 Å². The minimum atomic E-state index is -2.74. The first-order valence-corrected chi connectivity index (χ1v) is 11.2. The number of aryl methyl sites for hydroxylation is 1. The number of amides is 2. The fraction of sp³-hybridized carbons (Fsp3) is 0.217. The van der Waals surface area contributed by atoms with Crippen LogP contribution in [0.3, 0.4) is 0 Å². The Labute approximate surface area is 191 Å². The standard InChI is InChI=1S/C23H19F2N5O2S/c1-12-18(19-26-8-9-30(19)22(24)25)33-23(27-12)29-21(32)16-10-14-4-2-3-5-15(14)11-17(16)28-20(31)13-6-7-13/h2-5,8-11,13,22H,6-7H2,1H3,(H,28,31)(H,27,29,32). The SMILES string of the molecule is Cc1nc(NC(=O)c2cc3ccccc3cc2NC(=O)C2CC2)sc1-c1nccn1C(F)F. The Morgan fingerprint density at radius 3 is 2.58 bits per heavy atom. The highest BCUT2D eigenvalue weighted by atomic mass is 32.1. The first kappa shape index (κ1) is 21.2. The molecule has 33 heavy (non-hydrogen) atoms. The van der Waals surface area contributed by atoms with Crippen molar-refractivity contribution in [2.75, 3.05) is 10.6 Å². The van der Waals surface area contributed by atoms with Gasteiger partial charge in [0.05, 0.1) is 21.8 Å². The summed E-state index contributed by atoms with van der Waals surface area (Å²) in [6.45, 7) is -1.07. The van der Waals surface area contributed by atoms with Crippen LogP contribution in [-0.4, -0.2) is 26.3 Å². The third-order valence-corrected chi connectivity index (χ3v) is 6.50. The lowest BCUT2D eigenvalue weighted by molar-refractivity contribution is -0.117. The molecule has 0 bridgehead atoms. The average Bonchev–Trinajstić information content (AvgIpc) is 3.42. The number of nitrogens with one attached hydrogen (secondary N) is 2. The van der Waals surface area contributed by atoms with Crippen molar-refractivity contribution in [3.63, 3.8) is 0 Å². The van der Waals surface area contributed by atoms with Crippen LogP contribution in [0.25, 0.3) is 21.5 Å². The van der Waals surface area contributed by atoms with Gasteiger partial charge in [0.15, 0.2) is 11.0 Å². The normalized spacial score (nSPS) is 13.5. The third-order valence-electron chi connectivity index (χ3n) is 5.44. The molecular weight excluding hydrogens is 448 g/mol. The molecule has 0 unspecified atom stereocenters. The Bertz CT molecular complexity index is 1380. The van der Waals surface area contributed by atoms with E-state index in [0.717, 1.165) is 39.5 Å². The van der Waals surface area contributed by atoms with Gasteiger partial charge < -0.3 is 5.32 Å². The molecule has 0 aliphatic heterocycles. The van der Waals surface area contributed by atoms with Gasteiger partial charge in [-0.25, -0.2) is 9.97 Å². The number of aromatic nitrogens is 3. The van der Waals surface area contributed by atoms with Gasteiger partial charge in [0.2, 0.25) is 5.91 Å². The van der Waals surface area contributed by atoms with Gasteiger partial charge in [-0.1, -0.05) is 35.6 Å². The number of carbonyl (C=O) groups excluding carboxylic acids is 2. The monoisotopic (exact) mass is 467 g/mol. The maximum atomic E-state index is 13.3. The minimum Gasteiger partial charge on any atom is -0.325 e. The quantitative estimate of drug-likeness (QED) is 0.394. The number of thiazole rings is 1. The Morgan fingerprint density at radius 1 is 1.15 bits per heavy atom. The van der Waals surface area contributed by atoms with Crippen LogP contribution in [0.15, 0.2) is 48.8 Å². The Morgan fingerprint density at radius 2 is 1.88 bits per heavy atom. The molecule has 168 valence electrons. The number of hydrogen-bond acceptors (Lipinski definition) is 5. The number of hydrogen-bond donors (Lipinski definition) is 2. The summed E-state index contributed by atoms with van der Waals surface area (Å²) in [5, 5.41) is 7.62. The highest BCUT2D eigenvalue weighted by Gasteiger charge is 2.30. The van der Waals surface area contributed by atoms with Crippen LogP contribution >= 0.6 is 11.3 Å². The molecule has 0 saturated heterocycles. The van der Waals surface area contributed by atoms with E-state index in [4.69, 9.17) is 0 Å². The Balaban J connectivity index is 1.46. The van der Waals surface area contributed by atoms with Gasteiger partial charge >= 0.3 is 6.55 Å². The first-order valence-electron chi connectivity index (χ1n) is 10.3. The molecule has 10 heteroatoms. The van der Waals surface area contributed by atoms with Crippen LogP contribution < -0.4 is 10.6 Å². The average molecular weight is 468 g/mol. The molecular formula is C23H19F2N5O2S. The predicted octanol–water partition coefficient (Wildman–Crippen LogP) is 5.46. The van der Waals surface area contributed by atoms with Gasteiger partial charge in [-0.05, 0) is 42.7 Å². The van der Waals surface area contributed by atoms with E-state index in [0.29, 0.717) is 21.8 Å². The number of benzene rings is 2. The molecule has 2 N–H and O–H groups in total. The number of anilines is 2. The van der Waals surface area contributed by atoms with E-state index < -0.39 is 12.5 Å². The lowest BCUT2D eigenvalue weighted by Gasteiger charge is -2.12. The van der Waals surface area contributed by atoms with Crippen molar-refractivity contribution in [2.45, 2.75) is 26.3 Å². The highest BCUT2D eigenvalue weighted by Crippen LogP contribution is 2.35. The van der Waals surface area contributed by atoms with E-state index in [1.807, 2.05) is 24.3 Å². The molecule has 7 nitrogen and oxygen atoms in total. The lowest BCUT2D eigenvalue weighted by Crippen LogP contribution is -2.19. The fourth-order valence-electron chi connectivity index (χ4n) is 3.58. The van der Waals surface area contributed by atoms with Crippen molar-refractivity contribution in [1.82, 2.24) is 14.5 Å². The summed E-state index contributed by atoms with van der Waals surface area (Å²) in [6, 6.07) is 11.0. The maximum Gasteiger partial charge on any atom is 0.320 e. The molecule has 1 saturated carbocycles. The van der Waals surface area contributed by atoms with Crippen LogP contribution in [0, 0.1) is 12.8 Å².